The monoisotopic (exact) mass is 345 g/mol. The number of amides is 1. The van der Waals surface area contributed by atoms with E-state index in [1.54, 1.807) is 32.0 Å². The number of carbonyl (C=O) groups is 2. The number of nitrogens with one attached hydrogen (secondary N) is 1. The Morgan fingerprint density at radius 3 is 2.62 bits per heavy atom. The van der Waals surface area contributed by atoms with Crippen LogP contribution in [-0.4, -0.2) is 23.5 Å². The molecule has 0 saturated heterocycles. The van der Waals surface area contributed by atoms with Gasteiger partial charge in [-0.15, -0.1) is 11.3 Å². The van der Waals surface area contributed by atoms with E-state index in [2.05, 4.69) is 5.32 Å². The van der Waals surface area contributed by atoms with Crippen molar-refractivity contribution in [3.05, 3.63) is 33.1 Å². The van der Waals surface area contributed by atoms with Gasteiger partial charge in [-0.05, 0) is 26.0 Å². The molecule has 0 aliphatic carbocycles. The second-order valence-corrected chi connectivity index (χ2v) is 7.12. The number of hydrogen-bond donors (Lipinski definition) is 2. The van der Waals surface area contributed by atoms with Crippen molar-refractivity contribution < 1.29 is 14.7 Å². The molecule has 1 amide bonds. The fourth-order valence-electron chi connectivity index (χ4n) is 1.64. The predicted octanol–water partition coefficient (Wildman–Crippen LogP) is 4.05. The van der Waals surface area contributed by atoms with E-state index >= 15 is 0 Å². The first-order valence-corrected chi connectivity index (χ1v) is 7.69. The van der Waals surface area contributed by atoms with E-state index in [4.69, 9.17) is 28.3 Å². The number of halogens is 2. The topological polar surface area (TPSA) is 66.4 Å². The third-order valence-corrected chi connectivity index (χ3v) is 4.96. The first-order chi connectivity index (χ1) is 9.72. The summed E-state index contributed by atoms with van der Waals surface area (Å²) >= 11 is 13.3. The van der Waals surface area contributed by atoms with E-state index in [0.29, 0.717) is 14.9 Å². The number of benzene rings is 1. The van der Waals surface area contributed by atoms with E-state index in [1.807, 2.05) is 0 Å². The molecule has 112 valence electrons. The molecule has 0 saturated carbocycles. The van der Waals surface area contributed by atoms with Gasteiger partial charge in [0.1, 0.15) is 4.88 Å². The highest BCUT2D eigenvalue weighted by Gasteiger charge is 2.28. The van der Waals surface area contributed by atoms with Crippen LogP contribution in [0.4, 0.5) is 0 Å². The first-order valence-electron chi connectivity index (χ1n) is 6.11. The maximum Gasteiger partial charge on any atom is 0.310 e. The fraction of sp³-hybridized carbons (Fsp3) is 0.286. The average molecular weight is 346 g/mol. The Morgan fingerprint density at radius 1 is 1.33 bits per heavy atom. The summed E-state index contributed by atoms with van der Waals surface area (Å²) in [7, 11) is 0. The summed E-state index contributed by atoms with van der Waals surface area (Å²) < 4.78 is 0.815. The average Bonchev–Trinajstić information content (AvgIpc) is 2.72. The van der Waals surface area contributed by atoms with E-state index in [9.17, 15) is 9.59 Å². The van der Waals surface area contributed by atoms with Crippen LogP contribution in [0.3, 0.4) is 0 Å². The van der Waals surface area contributed by atoms with Crippen molar-refractivity contribution in [1.29, 1.82) is 0 Å². The highest BCUT2D eigenvalue weighted by molar-refractivity contribution is 7.21. The summed E-state index contributed by atoms with van der Waals surface area (Å²) in [6.45, 7) is 3.11. The molecule has 0 bridgehead atoms. The largest absolute Gasteiger partial charge is 0.481 e. The van der Waals surface area contributed by atoms with Crippen LogP contribution in [0.5, 0.6) is 0 Å². The molecule has 1 aromatic heterocycles. The maximum atomic E-state index is 12.2. The van der Waals surface area contributed by atoms with Crippen LogP contribution in [0.15, 0.2) is 18.2 Å². The number of carboxylic acids is 1. The summed E-state index contributed by atoms with van der Waals surface area (Å²) in [5.41, 5.74) is -1.04. The van der Waals surface area contributed by atoms with E-state index in [-0.39, 0.29) is 12.5 Å². The van der Waals surface area contributed by atoms with E-state index < -0.39 is 11.4 Å². The van der Waals surface area contributed by atoms with Crippen molar-refractivity contribution in [3.63, 3.8) is 0 Å². The Balaban J connectivity index is 2.24. The molecule has 0 radical (unpaired) electrons. The molecule has 2 N–H and O–H groups in total. The lowest BCUT2D eigenvalue weighted by atomic mass is 9.94. The number of rotatable bonds is 4. The van der Waals surface area contributed by atoms with Gasteiger partial charge in [0.2, 0.25) is 0 Å². The molecule has 1 heterocycles. The number of fused-ring (bicyclic) bond motifs is 1. The van der Waals surface area contributed by atoms with Gasteiger partial charge in [0, 0.05) is 21.7 Å². The molecular formula is C14H13Cl2NO3S. The van der Waals surface area contributed by atoms with Gasteiger partial charge in [0.15, 0.2) is 0 Å². The number of carbonyl (C=O) groups excluding carboxylic acids is 1. The molecule has 2 rings (SSSR count). The van der Waals surface area contributed by atoms with Gasteiger partial charge in [0.05, 0.1) is 10.4 Å². The van der Waals surface area contributed by atoms with Gasteiger partial charge in [-0.3, -0.25) is 9.59 Å². The normalized spacial score (nSPS) is 11.6. The van der Waals surface area contributed by atoms with Crippen LogP contribution >= 0.6 is 34.5 Å². The molecule has 0 fully saturated rings. The first kappa shape index (κ1) is 16.1. The molecular weight excluding hydrogens is 333 g/mol. The van der Waals surface area contributed by atoms with Gasteiger partial charge in [-0.1, -0.05) is 29.3 Å². The molecule has 0 aliphatic heterocycles. The predicted molar refractivity (Wildman–Crippen MR) is 85.6 cm³/mol. The van der Waals surface area contributed by atoms with Crippen LogP contribution < -0.4 is 5.32 Å². The highest BCUT2D eigenvalue weighted by Crippen LogP contribution is 2.36. The van der Waals surface area contributed by atoms with Crippen LogP contribution in [0.1, 0.15) is 23.5 Å². The molecule has 4 nitrogen and oxygen atoms in total. The van der Waals surface area contributed by atoms with Crippen LogP contribution in [-0.2, 0) is 4.79 Å². The standard InChI is InChI=1S/C14H13Cl2NO3S/c1-14(2,13(19)20)6-17-12(18)11-10(16)8-4-3-7(15)5-9(8)21-11/h3-5H,6H2,1-2H3,(H,17,18)(H,19,20). The Morgan fingerprint density at radius 2 is 2.00 bits per heavy atom. The fourth-order valence-corrected chi connectivity index (χ4v) is 3.35. The molecule has 0 unspecified atom stereocenters. The molecule has 7 heteroatoms. The number of thiophene rings is 1. The zero-order valence-electron chi connectivity index (χ0n) is 11.4. The van der Waals surface area contributed by atoms with E-state index in [1.165, 1.54) is 11.3 Å². The molecule has 1 aromatic carbocycles. The minimum Gasteiger partial charge on any atom is -0.481 e. The number of hydrogen-bond acceptors (Lipinski definition) is 3. The van der Waals surface area contributed by atoms with Crippen molar-refractivity contribution in [2.24, 2.45) is 5.41 Å². The molecule has 0 spiro atoms. The van der Waals surface area contributed by atoms with Crippen molar-refractivity contribution >= 4 is 56.5 Å². The van der Waals surface area contributed by atoms with Crippen molar-refractivity contribution in [2.45, 2.75) is 13.8 Å². The van der Waals surface area contributed by atoms with Gasteiger partial charge in [-0.2, -0.15) is 0 Å². The van der Waals surface area contributed by atoms with Gasteiger partial charge in [0.25, 0.3) is 5.91 Å². The molecule has 0 atom stereocenters. The maximum absolute atomic E-state index is 12.2. The smallest absolute Gasteiger partial charge is 0.310 e. The van der Waals surface area contributed by atoms with Gasteiger partial charge in [-0.25, -0.2) is 0 Å². The zero-order valence-corrected chi connectivity index (χ0v) is 13.7. The summed E-state index contributed by atoms with van der Waals surface area (Å²) in [5.74, 6) is -1.36. The minimum absolute atomic E-state index is 0.0203. The summed E-state index contributed by atoms with van der Waals surface area (Å²) in [6.07, 6.45) is 0. The number of carboxylic acid groups (broad SMARTS) is 1. The third kappa shape index (κ3) is 3.31. The molecule has 21 heavy (non-hydrogen) atoms. The lowest BCUT2D eigenvalue weighted by Gasteiger charge is -2.19. The summed E-state index contributed by atoms with van der Waals surface area (Å²) in [4.78, 5) is 23.6. The Kier molecular flexibility index (Phi) is 4.46. The van der Waals surface area contributed by atoms with Crippen LogP contribution in [0.25, 0.3) is 10.1 Å². The minimum atomic E-state index is -1.04. The Hall–Kier alpha value is -1.30. The summed E-state index contributed by atoms with van der Waals surface area (Å²) in [5, 5.41) is 13.3. The Bertz CT molecular complexity index is 724. The SMILES string of the molecule is CC(C)(CNC(=O)c1sc2cc(Cl)ccc2c1Cl)C(=O)O. The van der Waals surface area contributed by atoms with Gasteiger partial charge < -0.3 is 10.4 Å². The van der Waals surface area contributed by atoms with Crippen molar-refractivity contribution in [2.75, 3.05) is 6.54 Å². The molecule has 0 aliphatic rings. The van der Waals surface area contributed by atoms with Crippen molar-refractivity contribution in [1.82, 2.24) is 5.32 Å². The third-order valence-electron chi connectivity index (χ3n) is 3.07. The highest BCUT2D eigenvalue weighted by atomic mass is 35.5. The van der Waals surface area contributed by atoms with Crippen molar-refractivity contribution in [3.8, 4) is 0 Å². The second kappa shape index (κ2) is 5.83. The van der Waals surface area contributed by atoms with Crippen LogP contribution in [0.2, 0.25) is 10.0 Å². The summed E-state index contributed by atoms with van der Waals surface area (Å²) in [6, 6.07) is 5.21. The quantitative estimate of drug-likeness (QED) is 0.878. The zero-order chi connectivity index (χ0) is 15.8. The van der Waals surface area contributed by atoms with Gasteiger partial charge >= 0.3 is 5.97 Å². The Labute approximate surface area is 135 Å². The molecule has 2 aromatic rings. The lowest BCUT2D eigenvalue weighted by Crippen LogP contribution is -2.38. The van der Waals surface area contributed by atoms with Crippen LogP contribution in [0, 0.1) is 5.41 Å². The lowest BCUT2D eigenvalue weighted by molar-refractivity contribution is -0.146. The van der Waals surface area contributed by atoms with E-state index in [0.717, 1.165) is 10.1 Å². The second-order valence-electron chi connectivity index (χ2n) is 5.26. The number of aliphatic carboxylic acids is 1.